The molecule has 2 aromatic carbocycles. The second-order valence-electron chi connectivity index (χ2n) is 5.57. The fourth-order valence-corrected chi connectivity index (χ4v) is 2.81. The van der Waals surface area contributed by atoms with Crippen LogP contribution in [0.15, 0.2) is 54.7 Å². The number of nitro groups is 1. The summed E-state index contributed by atoms with van der Waals surface area (Å²) in [6.07, 6.45) is 5.00. The van der Waals surface area contributed by atoms with E-state index in [1.54, 1.807) is 12.1 Å². The maximum absolute atomic E-state index is 10.9. The largest absolute Gasteiger partial charge is 0.269 e. The first-order chi connectivity index (χ1) is 11.2. The number of fused-ring (bicyclic) bond motifs is 1. The third kappa shape index (κ3) is 3.06. The quantitative estimate of drug-likeness (QED) is 0.483. The zero-order valence-electron chi connectivity index (χ0n) is 13.0. The molecular formula is C19H18N2O2. The average Bonchev–Trinajstić information content (AvgIpc) is 2.59. The maximum Gasteiger partial charge on any atom is 0.269 e. The van der Waals surface area contributed by atoms with Crippen molar-refractivity contribution < 1.29 is 4.92 Å². The number of unbranched alkanes of at least 4 members (excludes halogenated alkanes) is 1. The molecule has 0 radical (unpaired) electrons. The molecule has 0 aliphatic carbocycles. The Balaban J connectivity index is 2.17. The molecule has 0 saturated carbocycles. The van der Waals surface area contributed by atoms with E-state index in [1.165, 1.54) is 0 Å². The normalized spacial score (nSPS) is 10.8. The number of rotatable bonds is 5. The highest BCUT2D eigenvalue weighted by molar-refractivity contribution is 5.97. The highest BCUT2D eigenvalue weighted by atomic mass is 16.6. The standard InChI is InChI=1S/C19H18N2O2/c1-2-3-8-18-19(14-9-11-16(12-10-14)21(22)23)17-7-5-4-6-15(17)13-20-18/h4-7,9-13H,2-3,8H2,1H3. The molecular weight excluding hydrogens is 288 g/mol. The highest BCUT2D eigenvalue weighted by Gasteiger charge is 2.13. The predicted octanol–water partition coefficient (Wildman–Crippen LogP) is 5.15. The summed E-state index contributed by atoms with van der Waals surface area (Å²) in [5.41, 5.74) is 3.23. The topological polar surface area (TPSA) is 56.0 Å². The number of aryl methyl sites for hydroxylation is 1. The van der Waals surface area contributed by atoms with Crippen molar-refractivity contribution in [2.75, 3.05) is 0 Å². The van der Waals surface area contributed by atoms with Gasteiger partial charge in [0.25, 0.3) is 5.69 Å². The fourth-order valence-electron chi connectivity index (χ4n) is 2.81. The Morgan fingerprint density at radius 3 is 2.52 bits per heavy atom. The minimum atomic E-state index is -0.372. The zero-order valence-corrected chi connectivity index (χ0v) is 13.0. The molecule has 0 amide bonds. The molecule has 0 spiro atoms. The van der Waals surface area contributed by atoms with Crippen molar-refractivity contribution in [2.24, 2.45) is 0 Å². The molecule has 4 nitrogen and oxygen atoms in total. The van der Waals surface area contributed by atoms with Crippen LogP contribution in [0.1, 0.15) is 25.5 Å². The summed E-state index contributed by atoms with van der Waals surface area (Å²) < 4.78 is 0. The van der Waals surface area contributed by atoms with E-state index in [-0.39, 0.29) is 10.6 Å². The van der Waals surface area contributed by atoms with E-state index >= 15 is 0 Å². The summed E-state index contributed by atoms with van der Waals surface area (Å²) in [6.45, 7) is 2.16. The van der Waals surface area contributed by atoms with Crippen LogP contribution in [0.2, 0.25) is 0 Å². The Labute approximate surface area is 135 Å². The van der Waals surface area contributed by atoms with Crippen LogP contribution in [0.3, 0.4) is 0 Å². The molecule has 0 unspecified atom stereocenters. The molecule has 0 fully saturated rings. The number of pyridine rings is 1. The molecule has 1 heterocycles. The van der Waals surface area contributed by atoms with Crippen LogP contribution in [0.4, 0.5) is 5.69 Å². The van der Waals surface area contributed by atoms with Crippen molar-refractivity contribution in [3.05, 3.63) is 70.5 Å². The van der Waals surface area contributed by atoms with Crippen LogP contribution >= 0.6 is 0 Å². The third-order valence-corrected chi connectivity index (χ3v) is 4.01. The molecule has 4 heteroatoms. The predicted molar refractivity (Wildman–Crippen MR) is 92.4 cm³/mol. The Bertz CT molecular complexity index is 842. The van der Waals surface area contributed by atoms with Crippen molar-refractivity contribution in [1.29, 1.82) is 0 Å². The molecule has 0 N–H and O–H groups in total. The summed E-state index contributed by atoms with van der Waals surface area (Å²) in [7, 11) is 0. The van der Waals surface area contributed by atoms with Crippen LogP contribution < -0.4 is 0 Å². The van der Waals surface area contributed by atoms with E-state index in [9.17, 15) is 10.1 Å². The lowest BCUT2D eigenvalue weighted by Crippen LogP contribution is -1.96. The SMILES string of the molecule is CCCCc1ncc2ccccc2c1-c1ccc([N+](=O)[O-])cc1. The van der Waals surface area contributed by atoms with Crippen LogP contribution in [-0.4, -0.2) is 9.91 Å². The van der Waals surface area contributed by atoms with Crippen molar-refractivity contribution in [3.63, 3.8) is 0 Å². The number of aromatic nitrogens is 1. The Morgan fingerprint density at radius 1 is 1.09 bits per heavy atom. The molecule has 0 bridgehead atoms. The minimum absolute atomic E-state index is 0.108. The maximum atomic E-state index is 10.9. The van der Waals surface area contributed by atoms with Crippen LogP contribution in [-0.2, 0) is 6.42 Å². The van der Waals surface area contributed by atoms with Gasteiger partial charge in [0.05, 0.1) is 4.92 Å². The van der Waals surface area contributed by atoms with E-state index in [0.717, 1.165) is 46.9 Å². The van der Waals surface area contributed by atoms with Crippen molar-refractivity contribution >= 4 is 16.5 Å². The lowest BCUT2D eigenvalue weighted by Gasteiger charge is -2.12. The van der Waals surface area contributed by atoms with E-state index in [0.29, 0.717) is 0 Å². The first-order valence-electron chi connectivity index (χ1n) is 7.82. The smallest absolute Gasteiger partial charge is 0.260 e. The number of nitro benzene ring substituents is 1. The summed E-state index contributed by atoms with van der Waals surface area (Å²) in [5, 5.41) is 13.1. The molecule has 3 aromatic rings. The third-order valence-electron chi connectivity index (χ3n) is 4.01. The van der Waals surface area contributed by atoms with Gasteiger partial charge in [0.2, 0.25) is 0 Å². The molecule has 1 aromatic heterocycles. The van der Waals surface area contributed by atoms with Gasteiger partial charge in [0.15, 0.2) is 0 Å². The summed E-state index contributed by atoms with van der Waals surface area (Å²) in [6, 6.07) is 14.9. The van der Waals surface area contributed by atoms with E-state index in [2.05, 4.69) is 18.0 Å². The molecule has 0 aliphatic heterocycles. The van der Waals surface area contributed by atoms with Gasteiger partial charge in [-0.15, -0.1) is 0 Å². The van der Waals surface area contributed by atoms with Crippen LogP contribution in [0, 0.1) is 10.1 Å². The minimum Gasteiger partial charge on any atom is -0.260 e. The van der Waals surface area contributed by atoms with Gasteiger partial charge in [-0.05, 0) is 35.9 Å². The monoisotopic (exact) mass is 306 g/mol. The van der Waals surface area contributed by atoms with Gasteiger partial charge in [0.1, 0.15) is 0 Å². The van der Waals surface area contributed by atoms with Crippen molar-refractivity contribution in [3.8, 4) is 11.1 Å². The summed E-state index contributed by atoms with van der Waals surface area (Å²) >= 11 is 0. The van der Waals surface area contributed by atoms with Gasteiger partial charge in [-0.25, -0.2) is 0 Å². The Kier molecular flexibility index (Phi) is 4.33. The molecule has 0 saturated heterocycles. The molecule has 3 rings (SSSR count). The van der Waals surface area contributed by atoms with Crippen molar-refractivity contribution in [1.82, 2.24) is 4.98 Å². The van der Waals surface area contributed by atoms with Crippen LogP contribution in [0.5, 0.6) is 0 Å². The van der Waals surface area contributed by atoms with Gasteiger partial charge in [0, 0.05) is 35.0 Å². The van der Waals surface area contributed by atoms with Gasteiger partial charge < -0.3 is 0 Å². The van der Waals surface area contributed by atoms with E-state index in [4.69, 9.17) is 0 Å². The Hall–Kier alpha value is -2.75. The van der Waals surface area contributed by atoms with Gasteiger partial charge in [-0.1, -0.05) is 37.6 Å². The lowest BCUT2D eigenvalue weighted by atomic mass is 9.95. The van der Waals surface area contributed by atoms with E-state index < -0.39 is 0 Å². The number of nitrogens with zero attached hydrogens (tertiary/aromatic N) is 2. The number of benzene rings is 2. The zero-order chi connectivity index (χ0) is 16.2. The summed E-state index contributed by atoms with van der Waals surface area (Å²) in [5.74, 6) is 0. The van der Waals surface area contributed by atoms with Crippen LogP contribution in [0.25, 0.3) is 21.9 Å². The second kappa shape index (κ2) is 6.57. The number of hydrogen-bond acceptors (Lipinski definition) is 3. The first-order valence-corrected chi connectivity index (χ1v) is 7.82. The molecule has 0 aliphatic rings. The van der Waals surface area contributed by atoms with Crippen molar-refractivity contribution in [2.45, 2.75) is 26.2 Å². The first kappa shape index (κ1) is 15.2. The molecule has 116 valence electrons. The lowest BCUT2D eigenvalue weighted by molar-refractivity contribution is -0.384. The fraction of sp³-hybridized carbons (Fsp3) is 0.211. The van der Waals surface area contributed by atoms with E-state index in [1.807, 2.05) is 36.5 Å². The molecule has 0 atom stereocenters. The summed E-state index contributed by atoms with van der Waals surface area (Å²) in [4.78, 5) is 15.1. The average molecular weight is 306 g/mol. The van der Waals surface area contributed by atoms with Gasteiger partial charge >= 0.3 is 0 Å². The second-order valence-corrected chi connectivity index (χ2v) is 5.57. The molecule has 23 heavy (non-hydrogen) atoms. The van der Waals surface area contributed by atoms with Gasteiger partial charge in [-0.3, -0.25) is 15.1 Å². The Morgan fingerprint density at radius 2 is 1.83 bits per heavy atom. The number of hydrogen-bond donors (Lipinski definition) is 0. The number of non-ortho nitro benzene ring substituents is 1. The highest BCUT2D eigenvalue weighted by Crippen LogP contribution is 2.32. The van der Waals surface area contributed by atoms with Gasteiger partial charge in [-0.2, -0.15) is 0 Å².